The molecule has 2 heterocycles. The highest BCUT2D eigenvalue weighted by molar-refractivity contribution is 8.18. The highest BCUT2D eigenvalue weighted by Gasteiger charge is 2.24. The SMILES string of the molecule is O=C1NC(=Nc2ccccc2Cl)SC1=Cc1ccc2c(c1)OCO2. The van der Waals surface area contributed by atoms with E-state index in [-0.39, 0.29) is 12.7 Å². The van der Waals surface area contributed by atoms with Gasteiger partial charge in [-0.3, -0.25) is 4.79 Å². The largest absolute Gasteiger partial charge is 0.454 e. The first-order chi connectivity index (χ1) is 11.7. The minimum atomic E-state index is -0.191. The molecule has 0 aromatic heterocycles. The molecule has 2 aliphatic heterocycles. The second-order valence-corrected chi connectivity index (χ2v) is 6.48. The maximum Gasteiger partial charge on any atom is 0.264 e. The van der Waals surface area contributed by atoms with Gasteiger partial charge in [-0.1, -0.05) is 29.8 Å². The summed E-state index contributed by atoms with van der Waals surface area (Å²) in [5.41, 5.74) is 1.47. The number of amidine groups is 1. The quantitative estimate of drug-likeness (QED) is 0.825. The lowest BCUT2D eigenvalue weighted by Crippen LogP contribution is -2.19. The molecule has 4 rings (SSSR count). The van der Waals surface area contributed by atoms with E-state index < -0.39 is 0 Å². The Labute approximate surface area is 147 Å². The summed E-state index contributed by atoms with van der Waals surface area (Å²) in [7, 11) is 0. The summed E-state index contributed by atoms with van der Waals surface area (Å²) < 4.78 is 10.6. The normalized spacial score (nSPS) is 19.1. The van der Waals surface area contributed by atoms with E-state index in [4.69, 9.17) is 21.1 Å². The van der Waals surface area contributed by atoms with Crippen molar-refractivity contribution >= 4 is 46.2 Å². The Hall–Kier alpha value is -2.44. The summed E-state index contributed by atoms with van der Waals surface area (Å²) in [4.78, 5) is 17.1. The molecule has 0 spiro atoms. The molecule has 1 amide bonds. The predicted molar refractivity (Wildman–Crippen MR) is 94.8 cm³/mol. The Bertz CT molecular complexity index is 895. The third-order valence-electron chi connectivity index (χ3n) is 3.42. The van der Waals surface area contributed by atoms with Crippen LogP contribution in [0.1, 0.15) is 5.56 Å². The van der Waals surface area contributed by atoms with Crippen molar-refractivity contribution in [3.63, 3.8) is 0 Å². The number of para-hydroxylation sites is 1. The van der Waals surface area contributed by atoms with Crippen molar-refractivity contribution in [2.24, 2.45) is 4.99 Å². The monoisotopic (exact) mass is 358 g/mol. The first kappa shape index (κ1) is 15.1. The van der Waals surface area contributed by atoms with Crippen molar-refractivity contribution in [2.45, 2.75) is 0 Å². The van der Waals surface area contributed by atoms with Gasteiger partial charge in [0.25, 0.3) is 5.91 Å². The molecule has 1 fully saturated rings. The van der Waals surface area contributed by atoms with Crippen molar-refractivity contribution < 1.29 is 14.3 Å². The van der Waals surface area contributed by atoms with Crippen molar-refractivity contribution in [2.75, 3.05) is 6.79 Å². The topological polar surface area (TPSA) is 59.9 Å². The zero-order valence-corrected chi connectivity index (χ0v) is 13.9. The molecule has 5 nitrogen and oxygen atoms in total. The fourth-order valence-electron chi connectivity index (χ4n) is 2.29. The van der Waals surface area contributed by atoms with Crippen LogP contribution in [0.3, 0.4) is 0 Å². The summed E-state index contributed by atoms with van der Waals surface area (Å²) in [6.07, 6.45) is 1.79. The standard InChI is InChI=1S/C17H11ClN2O3S/c18-11-3-1-2-4-12(11)19-17-20-16(21)15(24-17)8-10-5-6-13-14(7-10)23-9-22-13/h1-8H,9H2,(H,19,20,21). The van der Waals surface area contributed by atoms with E-state index in [0.29, 0.717) is 32.3 Å². The van der Waals surface area contributed by atoms with Crippen LogP contribution >= 0.6 is 23.4 Å². The van der Waals surface area contributed by atoms with Gasteiger partial charge in [0, 0.05) is 0 Å². The Morgan fingerprint density at radius 2 is 2.00 bits per heavy atom. The molecule has 1 saturated heterocycles. The van der Waals surface area contributed by atoms with E-state index in [1.54, 1.807) is 18.2 Å². The molecule has 24 heavy (non-hydrogen) atoms. The number of hydrogen-bond donors (Lipinski definition) is 1. The van der Waals surface area contributed by atoms with Crippen LogP contribution in [0.4, 0.5) is 5.69 Å². The lowest BCUT2D eigenvalue weighted by molar-refractivity contribution is -0.115. The van der Waals surface area contributed by atoms with Crippen LogP contribution in [-0.2, 0) is 4.79 Å². The van der Waals surface area contributed by atoms with E-state index in [1.165, 1.54) is 11.8 Å². The maximum absolute atomic E-state index is 12.1. The molecule has 0 unspecified atom stereocenters. The maximum atomic E-state index is 12.1. The minimum Gasteiger partial charge on any atom is -0.454 e. The number of nitrogens with zero attached hydrogens (tertiary/aromatic N) is 1. The third-order valence-corrected chi connectivity index (χ3v) is 4.65. The number of halogens is 1. The van der Waals surface area contributed by atoms with Crippen molar-refractivity contribution in [3.05, 3.63) is 58.0 Å². The molecule has 120 valence electrons. The molecular formula is C17H11ClN2O3S. The van der Waals surface area contributed by atoms with Gasteiger partial charge in [0.15, 0.2) is 16.7 Å². The van der Waals surface area contributed by atoms with Gasteiger partial charge in [-0.2, -0.15) is 0 Å². The summed E-state index contributed by atoms with van der Waals surface area (Å²) in [5.74, 6) is 1.20. The molecule has 0 atom stereocenters. The van der Waals surface area contributed by atoms with E-state index in [2.05, 4.69) is 10.3 Å². The Morgan fingerprint density at radius 3 is 2.88 bits per heavy atom. The molecular weight excluding hydrogens is 348 g/mol. The second-order valence-electron chi connectivity index (χ2n) is 5.05. The predicted octanol–water partition coefficient (Wildman–Crippen LogP) is 3.96. The fourth-order valence-corrected chi connectivity index (χ4v) is 3.30. The lowest BCUT2D eigenvalue weighted by Gasteiger charge is -1.99. The molecule has 1 N–H and O–H groups in total. The number of rotatable bonds is 2. The van der Waals surface area contributed by atoms with E-state index >= 15 is 0 Å². The van der Waals surface area contributed by atoms with E-state index in [1.807, 2.05) is 30.3 Å². The minimum absolute atomic E-state index is 0.191. The van der Waals surface area contributed by atoms with E-state index in [9.17, 15) is 4.79 Å². The highest BCUT2D eigenvalue weighted by Crippen LogP contribution is 2.35. The van der Waals surface area contributed by atoms with E-state index in [0.717, 1.165) is 5.56 Å². The number of carbonyl (C=O) groups excluding carboxylic acids is 1. The first-order valence-corrected chi connectivity index (χ1v) is 8.32. The van der Waals surface area contributed by atoms with Gasteiger partial charge >= 0.3 is 0 Å². The smallest absolute Gasteiger partial charge is 0.264 e. The molecule has 7 heteroatoms. The lowest BCUT2D eigenvalue weighted by atomic mass is 10.2. The average molecular weight is 359 g/mol. The van der Waals surface area contributed by atoms with Crippen molar-refractivity contribution in [1.29, 1.82) is 0 Å². The molecule has 2 aliphatic rings. The van der Waals surface area contributed by atoms with Gasteiger partial charge in [-0.25, -0.2) is 4.99 Å². The summed E-state index contributed by atoms with van der Waals surface area (Å²) in [5, 5.41) is 3.78. The number of aliphatic imine (C=N–C) groups is 1. The number of nitrogens with one attached hydrogen (secondary N) is 1. The second kappa shape index (κ2) is 6.22. The number of hydrogen-bond acceptors (Lipinski definition) is 5. The number of ether oxygens (including phenoxy) is 2. The molecule has 0 aliphatic carbocycles. The van der Waals surface area contributed by atoms with Gasteiger partial charge in [0.2, 0.25) is 6.79 Å². The summed E-state index contributed by atoms with van der Waals surface area (Å²) in [6, 6.07) is 12.8. The van der Waals surface area contributed by atoms with Crippen molar-refractivity contribution in [1.82, 2.24) is 5.32 Å². The molecule has 0 bridgehead atoms. The van der Waals surface area contributed by atoms with Gasteiger partial charge in [-0.05, 0) is 47.7 Å². The summed E-state index contributed by atoms with van der Waals surface area (Å²) >= 11 is 7.36. The molecule has 0 saturated carbocycles. The Kier molecular flexibility index (Phi) is 3.92. The Morgan fingerprint density at radius 1 is 1.17 bits per heavy atom. The number of amides is 1. The van der Waals surface area contributed by atoms with Crippen LogP contribution < -0.4 is 14.8 Å². The molecule has 0 radical (unpaired) electrons. The number of benzene rings is 2. The molecule has 2 aromatic carbocycles. The zero-order chi connectivity index (χ0) is 16.5. The van der Waals surface area contributed by atoms with Gasteiger partial charge < -0.3 is 14.8 Å². The fraction of sp³-hybridized carbons (Fsp3) is 0.0588. The first-order valence-electron chi connectivity index (χ1n) is 7.13. The van der Waals surface area contributed by atoms with Gasteiger partial charge in [0.05, 0.1) is 15.6 Å². The van der Waals surface area contributed by atoms with Crippen molar-refractivity contribution in [3.8, 4) is 11.5 Å². The van der Waals surface area contributed by atoms with Crippen LogP contribution in [0.2, 0.25) is 5.02 Å². The number of thioether (sulfide) groups is 1. The van der Waals surface area contributed by atoms with Crippen LogP contribution in [-0.4, -0.2) is 17.9 Å². The number of fused-ring (bicyclic) bond motifs is 1. The van der Waals surface area contributed by atoms with Crippen LogP contribution in [0, 0.1) is 0 Å². The van der Waals surface area contributed by atoms with Crippen LogP contribution in [0.15, 0.2) is 52.4 Å². The zero-order valence-electron chi connectivity index (χ0n) is 12.3. The Balaban J connectivity index is 1.59. The summed E-state index contributed by atoms with van der Waals surface area (Å²) in [6.45, 7) is 0.221. The average Bonchev–Trinajstić information content (AvgIpc) is 3.16. The number of carbonyl (C=O) groups is 1. The molecule has 2 aromatic rings. The van der Waals surface area contributed by atoms with Gasteiger partial charge in [0.1, 0.15) is 0 Å². The van der Waals surface area contributed by atoms with Gasteiger partial charge in [-0.15, -0.1) is 0 Å². The van der Waals surface area contributed by atoms with Crippen LogP contribution in [0.5, 0.6) is 11.5 Å². The van der Waals surface area contributed by atoms with Crippen LogP contribution in [0.25, 0.3) is 6.08 Å². The third kappa shape index (κ3) is 2.98. The highest BCUT2D eigenvalue weighted by atomic mass is 35.5.